The van der Waals surface area contributed by atoms with Crippen molar-refractivity contribution in [2.75, 3.05) is 19.8 Å². The van der Waals surface area contributed by atoms with Gasteiger partial charge < -0.3 is 9.47 Å². The molecule has 14 heavy (non-hydrogen) atoms. The molecule has 0 radical (unpaired) electrons. The maximum absolute atomic E-state index is 5.86. The van der Waals surface area contributed by atoms with E-state index in [0.29, 0.717) is 19.1 Å². The van der Waals surface area contributed by atoms with Gasteiger partial charge >= 0.3 is 0 Å². The van der Waals surface area contributed by atoms with Crippen molar-refractivity contribution < 1.29 is 9.47 Å². The summed E-state index contributed by atoms with van der Waals surface area (Å²) in [6.07, 6.45) is 1.75. The summed E-state index contributed by atoms with van der Waals surface area (Å²) in [6, 6.07) is 3.91. The van der Waals surface area contributed by atoms with Gasteiger partial charge in [-0.3, -0.25) is 4.72 Å². The predicted octanol–water partition coefficient (Wildman–Crippen LogP) is 0.840. The van der Waals surface area contributed by atoms with Crippen LogP contribution in [0.1, 0.15) is 0 Å². The first-order valence-electron chi connectivity index (χ1n) is 4.50. The van der Waals surface area contributed by atoms with Gasteiger partial charge in [-0.25, -0.2) is 4.98 Å². The second kappa shape index (κ2) is 3.12. The second-order valence-electron chi connectivity index (χ2n) is 3.51. The summed E-state index contributed by atoms with van der Waals surface area (Å²) >= 11 is 1.57. The third-order valence-corrected chi connectivity index (χ3v) is 3.18. The second-order valence-corrected chi connectivity index (χ2v) is 4.44. The zero-order valence-electron chi connectivity index (χ0n) is 7.53. The summed E-state index contributed by atoms with van der Waals surface area (Å²) in [7, 11) is 0. The Morgan fingerprint density at radius 1 is 1.50 bits per heavy atom. The van der Waals surface area contributed by atoms with Crippen LogP contribution in [-0.4, -0.2) is 30.3 Å². The molecular weight excluding hydrogens is 200 g/mol. The van der Waals surface area contributed by atoms with E-state index in [1.807, 2.05) is 12.1 Å². The summed E-state index contributed by atoms with van der Waals surface area (Å²) in [6.45, 7) is 2.10. The van der Waals surface area contributed by atoms with Gasteiger partial charge in [0.2, 0.25) is 5.88 Å². The minimum atomic E-state index is -0.188. The van der Waals surface area contributed by atoms with Crippen molar-refractivity contribution in [3.8, 4) is 5.88 Å². The van der Waals surface area contributed by atoms with E-state index in [1.165, 1.54) is 0 Å². The van der Waals surface area contributed by atoms with Gasteiger partial charge in [-0.1, -0.05) is 0 Å². The average molecular weight is 210 g/mol. The van der Waals surface area contributed by atoms with Crippen LogP contribution in [0.15, 0.2) is 23.2 Å². The number of fused-ring (bicyclic) bond motifs is 1. The van der Waals surface area contributed by atoms with Crippen molar-refractivity contribution in [2.45, 2.75) is 10.5 Å². The molecule has 5 heteroatoms. The normalized spacial score (nSPS) is 23.1. The number of nitrogens with zero attached hydrogens (tertiary/aromatic N) is 1. The lowest BCUT2D eigenvalue weighted by Gasteiger charge is -2.39. The minimum absolute atomic E-state index is 0.188. The van der Waals surface area contributed by atoms with E-state index in [-0.39, 0.29) is 5.60 Å². The highest BCUT2D eigenvalue weighted by molar-refractivity contribution is 7.97. The lowest BCUT2D eigenvalue weighted by Crippen LogP contribution is -2.59. The molecule has 74 valence electrons. The monoisotopic (exact) mass is 210 g/mol. The van der Waals surface area contributed by atoms with E-state index < -0.39 is 0 Å². The fourth-order valence-corrected chi connectivity index (χ4v) is 2.33. The largest absolute Gasteiger partial charge is 0.464 e. The molecule has 1 N–H and O–H groups in total. The highest BCUT2D eigenvalue weighted by atomic mass is 32.2. The fraction of sp³-hybridized carbons (Fsp3) is 0.444. The number of hydrogen-bond donors (Lipinski definition) is 1. The number of aromatic nitrogens is 1. The molecule has 1 aromatic rings. The summed E-state index contributed by atoms with van der Waals surface area (Å²) < 4.78 is 14.3. The van der Waals surface area contributed by atoms with E-state index >= 15 is 0 Å². The van der Waals surface area contributed by atoms with E-state index in [1.54, 1.807) is 18.1 Å². The molecule has 2 aliphatic heterocycles. The maximum atomic E-state index is 5.86. The van der Waals surface area contributed by atoms with Gasteiger partial charge in [0.05, 0.1) is 24.7 Å². The molecule has 4 nitrogen and oxygen atoms in total. The maximum Gasteiger partial charge on any atom is 0.229 e. The third-order valence-electron chi connectivity index (χ3n) is 2.36. The molecule has 0 aromatic carbocycles. The van der Waals surface area contributed by atoms with Crippen LogP contribution in [-0.2, 0) is 4.74 Å². The SMILES string of the molecule is c1cnc2c(c1)SNCC1(COC1)O2. The molecule has 1 saturated heterocycles. The van der Waals surface area contributed by atoms with Crippen molar-refractivity contribution in [3.63, 3.8) is 0 Å². The molecule has 1 spiro atoms. The minimum Gasteiger partial charge on any atom is -0.464 e. The van der Waals surface area contributed by atoms with Gasteiger partial charge in [-0.15, -0.1) is 0 Å². The number of nitrogens with one attached hydrogen (secondary N) is 1. The molecule has 2 aliphatic rings. The molecule has 0 amide bonds. The number of hydrogen-bond acceptors (Lipinski definition) is 5. The number of rotatable bonds is 0. The first-order valence-corrected chi connectivity index (χ1v) is 5.31. The van der Waals surface area contributed by atoms with Crippen molar-refractivity contribution in [2.24, 2.45) is 0 Å². The van der Waals surface area contributed by atoms with Crippen LogP contribution < -0.4 is 9.46 Å². The Labute approximate surface area is 86.1 Å². The zero-order valence-corrected chi connectivity index (χ0v) is 8.34. The van der Waals surface area contributed by atoms with E-state index in [4.69, 9.17) is 9.47 Å². The van der Waals surface area contributed by atoms with Gasteiger partial charge in [0.1, 0.15) is 0 Å². The van der Waals surface area contributed by atoms with Crippen molar-refractivity contribution in [1.82, 2.24) is 9.71 Å². The smallest absolute Gasteiger partial charge is 0.229 e. The van der Waals surface area contributed by atoms with Crippen molar-refractivity contribution in [1.29, 1.82) is 0 Å². The van der Waals surface area contributed by atoms with Crippen LogP contribution in [0.3, 0.4) is 0 Å². The molecule has 1 fully saturated rings. The van der Waals surface area contributed by atoms with Crippen molar-refractivity contribution >= 4 is 11.9 Å². The first kappa shape index (κ1) is 8.52. The van der Waals surface area contributed by atoms with Crippen LogP contribution in [0.25, 0.3) is 0 Å². The molecule has 1 aromatic heterocycles. The molecule has 0 saturated carbocycles. The van der Waals surface area contributed by atoms with Gasteiger partial charge in [-0.05, 0) is 24.1 Å². The van der Waals surface area contributed by atoms with Crippen LogP contribution in [0.4, 0.5) is 0 Å². The van der Waals surface area contributed by atoms with Crippen LogP contribution in [0.2, 0.25) is 0 Å². The Kier molecular flexibility index (Phi) is 1.90. The van der Waals surface area contributed by atoms with Gasteiger partial charge in [0.15, 0.2) is 5.60 Å². The molecule has 0 atom stereocenters. The lowest BCUT2D eigenvalue weighted by molar-refractivity contribution is -0.158. The molecule has 0 unspecified atom stereocenters. The average Bonchev–Trinajstić information content (AvgIpc) is 2.35. The van der Waals surface area contributed by atoms with Crippen molar-refractivity contribution in [3.05, 3.63) is 18.3 Å². The highest BCUT2D eigenvalue weighted by Crippen LogP contribution is 2.34. The Morgan fingerprint density at radius 3 is 3.21 bits per heavy atom. The van der Waals surface area contributed by atoms with Crippen LogP contribution in [0.5, 0.6) is 5.88 Å². The molecule has 0 bridgehead atoms. The van der Waals surface area contributed by atoms with Gasteiger partial charge in [-0.2, -0.15) is 0 Å². The van der Waals surface area contributed by atoms with Gasteiger partial charge in [0.25, 0.3) is 0 Å². The van der Waals surface area contributed by atoms with E-state index in [0.717, 1.165) is 11.4 Å². The van der Waals surface area contributed by atoms with Gasteiger partial charge in [0, 0.05) is 6.20 Å². The van der Waals surface area contributed by atoms with Crippen LogP contribution >= 0.6 is 11.9 Å². The Bertz CT molecular complexity index is 354. The summed E-state index contributed by atoms with van der Waals surface area (Å²) in [5, 5.41) is 0. The fourth-order valence-electron chi connectivity index (χ4n) is 1.51. The molecular formula is C9H10N2O2S. The number of ether oxygens (including phenoxy) is 2. The standard InChI is InChI=1S/C9H10N2O2S/c1-2-7-8(10-3-1)13-9(4-11-14-7)5-12-6-9/h1-3,11H,4-6H2. The predicted molar refractivity (Wildman–Crippen MR) is 52.3 cm³/mol. The quantitative estimate of drug-likeness (QED) is 0.643. The summed E-state index contributed by atoms with van der Waals surface area (Å²) in [4.78, 5) is 5.26. The Morgan fingerprint density at radius 2 is 2.43 bits per heavy atom. The first-order chi connectivity index (χ1) is 6.88. The molecule has 0 aliphatic carbocycles. The topological polar surface area (TPSA) is 43.4 Å². The summed E-state index contributed by atoms with van der Waals surface area (Å²) in [5.41, 5.74) is -0.188. The highest BCUT2D eigenvalue weighted by Gasteiger charge is 2.43. The molecule has 3 rings (SSSR count). The molecule has 3 heterocycles. The Balaban J connectivity index is 1.94. The van der Waals surface area contributed by atoms with E-state index in [9.17, 15) is 0 Å². The number of pyridine rings is 1. The van der Waals surface area contributed by atoms with Crippen LogP contribution in [0, 0.1) is 0 Å². The Hall–Kier alpha value is -0.780. The third kappa shape index (κ3) is 1.28. The lowest BCUT2D eigenvalue weighted by atomic mass is 10.0. The zero-order chi connectivity index (χ0) is 9.43. The summed E-state index contributed by atoms with van der Waals surface area (Å²) in [5.74, 6) is 0.714. The van der Waals surface area contributed by atoms with E-state index in [2.05, 4.69) is 9.71 Å².